The summed E-state index contributed by atoms with van der Waals surface area (Å²) < 4.78 is 4.85. The molecule has 1 aliphatic heterocycles. The third kappa shape index (κ3) is 1.27. The number of hydrogen-bond donors (Lipinski definition) is 3. The lowest BCUT2D eigenvalue weighted by molar-refractivity contribution is 0.0427. The second kappa shape index (κ2) is 3.41. The fourth-order valence-electron chi connectivity index (χ4n) is 1.63. The van der Waals surface area contributed by atoms with Gasteiger partial charge in [0.1, 0.15) is 17.4 Å². The molecule has 0 aromatic heterocycles. The number of carbonyl (C=O) groups excluding carboxylic acids is 1. The fraction of sp³-hybridized carbons (Fsp3) is 0.200. The first-order valence-corrected chi connectivity index (χ1v) is 4.54. The molecule has 0 saturated carbocycles. The van der Waals surface area contributed by atoms with Crippen LogP contribution in [0.3, 0.4) is 0 Å². The van der Waals surface area contributed by atoms with E-state index in [9.17, 15) is 15.0 Å². The minimum Gasteiger partial charge on any atom is -0.504 e. The summed E-state index contributed by atoms with van der Waals surface area (Å²) in [5, 5.41) is 30.6. The van der Waals surface area contributed by atoms with Crippen LogP contribution in [0.15, 0.2) is 17.3 Å². The quantitative estimate of drug-likeness (QED) is 0.262. The Labute approximate surface area is 90.4 Å². The first kappa shape index (κ1) is 10.3. The minimum atomic E-state index is -0.761. The Morgan fingerprint density at radius 3 is 2.69 bits per heavy atom. The van der Waals surface area contributed by atoms with Gasteiger partial charge in [-0.1, -0.05) is 5.16 Å². The Morgan fingerprint density at radius 2 is 2.06 bits per heavy atom. The van der Waals surface area contributed by atoms with Crippen LogP contribution in [0.1, 0.15) is 22.8 Å². The second-order valence-electron chi connectivity index (χ2n) is 3.39. The van der Waals surface area contributed by atoms with Gasteiger partial charge in [-0.2, -0.15) is 0 Å². The van der Waals surface area contributed by atoms with Crippen molar-refractivity contribution in [1.82, 2.24) is 0 Å². The summed E-state index contributed by atoms with van der Waals surface area (Å²) in [5.41, 5.74) is 0.192. The zero-order valence-electron chi connectivity index (χ0n) is 8.34. The van der Waals surface area contributed by atoms with Gasteiger partial charge in [0.2, 0.25) is 0 Å². The maximum atomic E-state index is 11.5. The molecule has 0 saturated heterocycles. The van der Waals surface area contributed by atoms with E-state index in [1.165, 1.54) is 12.1 Å². The van der Waals surface area contributed by atoms with E-state index in [1.807, 2.05) is 0 Å². The van der Waals surface area contributed by atoms with Crippen LogP contribution >= 0.6 is 0 Å². The maximum absolute atomic E-state index is 11.5. The number of cyclic esters (lactones) is 1. The highest BCUT2D eigenvalue weighted by molar-refractivity contribution is 6.15. The van der Waals surface area contributed by atoms with Crippen molar-refractivity contribution >= 4 is 11.7 Å². The van der Waals surface area contributed by atoms with E-state index < -0.39 is 23.6 Å². The smallest absolute Gasteiger partial charge is 0.343 e. The minimum absolute atomic E-state index is 0.130. The first-order chi connectivity index (χ1) is 7.56. The number of hydrogen-bond acceptors (Lipinski definition) is 6. The molecule has 2 rings (SSSR count). The molecule has 6 heteroatoms. The third-order valence-corrected chi connectivity index (χ3v) is 2.41. The van der Waals surface area contributed by atoms with Crippen molar-refractivity contribution in [3.05, 3.63) is 23.3 Å². The van der Waals surface area contributed by atoms with Crippen molar-refractivity contribution in [2.75, 3.05) is 0 Å². The summed E-state index contributed by atoms with van der Waals surface area (Å²) in [6.45, 7) is 1.54. The monoisotopic (exact) mass is 223 g/mol. The zero-order valence-corrected chi connectivity index (χ0v) is 8.34. The van der Waals surface area contributed by atoms with Crippen molar-refractivity contribution in [3.8, 4) is 11.5 Å². The Balaban J connectivity index is 2.73. The van der Waals surface area contributed by atoms with Crippen LogP contribution < -0.4 is 0 Å². The summed E-state index contributed by atoms with van der Waals surface area (Å²) in [5.74, 6) is -1.76. The van der Waals surface area contributed by atoms with E-state index >= 15 is 0 Å². The van der Waals surface area contributed by atoms with Crippen LogP contribution in [0, 0.1) is 0 Å². The number of phenols is 2. The van der Waals surface area contributed by atoms with Gasteiger partial charge in [-0.05, 0) is 19.1 Å². The molecular weight excluding hydrogens is 214 g/mol. The fourth-order valence-corrected chi connectivity index (χ4v) is 1.63. The Morgan fingerprint density at radius 1 is 1.38 bits per heavy atom. The summed E-state index contributed by atoms with van der Waals surface area (Å²) in [7, 11) is 0. The topological polar surface area (TPSA) is 99.4 Å². The molecule has 0 aliphatic carbocycles. The molecule has 1 aromatic rings. The number of esters is 1. The highest BCUT2D eigenvalue weighted by atomic mass is 16.5. The molecule has 16 heavy (non-hydrogen) atoms. The maximum Gasteiger partial charge on any atom is 0.343 e. The number of fused-ring (bicyclic) bond motifs is 1. The van der Waals surface area contributed by atoms with E-state index in [-0.39, 0.29) is 16.8 Å². The van der Waals surface area contributed by atoms with Crippen molar-refractivity contribution < 1.29 is 25.0 Å². The number of phenolic OH excluding ortho intramolecular Hbond substituents is 2. The van der Waals surface area contributed by atoms with E-state index in [1.54, 1.807) is 6.92 Å². The van der Waals surface area contributed by atoms with Crippen LogP contribution in [-0.4, -0.2) is 33.2 Å². The lowest BCUT2D eigenvalue weighted by atomic mass is 9.96. The number of rotatable bonds is 0. The van der Waals surface area contributed by atoms with Gasteiger partial charge in [-0.3, -0.25) is 0 Å². The molecule has 0 radical (unpaired) electrons. The first-order valence-electron chi connectivity index (χ1n) is 4.54. The van der Waals surface area contributed by atoms with E-state index in [2.05, 4.69) is 5.16 Å². The molecule has 6 nitrogen and oxygen atoms in total. The van der Waals surface area contributed by atoms with Gasteiger partial charge in [0.05, 0.1) is 0 Å². The van der Waals surface area contributed by atoms with Gasteiger partial charge >= 0.3 is 5.97 Å². The van der Waals surface area contributed by atoms with Gasteiger partial charge in [-0.15, -0.1) is 0 Å². The number of ether oxygens (including phenoxy) is 1. The molecule has 0 amide bonds. The van der Waals surface area contributed by atoms with Gasteiger partial charge in [0.15, 0.2) is 11.5 Å². The molecular formula is C10H9NO5. The second-order valence-corrected chi connectivity index (χ2v) is 3.39. The van der Waals surface area contributed by atoms with Gasteiger partial charge in [0, 0.05) is 5.56 Å². The number of nitrogens with zero attached hydrogens (tertiary/aromatic N) is 1. The standard InChI is InChI=1S/C10H9NO5/c1-4-8(11-15)5-2-3-6(12)9(13)7(5)10(14)16-4/h2-4,12-13,15H,1H3/b11-8-. The van der Waals surface area contributed by atoms with Crippen LogP contribution in [0.4, 0.5) is 0 Å². The molecule has 1 aliphatic rings. The highest BCUT2D eigenvalue weighted by Gasteiger charge is 2.33. The van der Waals surface area contributed by atoms with Crippen LogP contribution in [-0.2, 0) is 4.74 Å². The molecule has 1 aromatic carbocycles. The molecule has 0 fully saturated rings. The Bertz CT molecular complexity index is 494. The number of carbonyl (C=O) groups is 1. The average molecular weight is 223 g/mol. The lowest BCUT2D eigenvalue weighted by Gasteiger charge is -2.23. The van der Waals surface area contributed by atoms with Crippen LogP contribution in [0.2, 0.25) is 0 Å². The largest absolute Gasteiger partial charge is 0.504 e. The van der Waals surface area contributed by atoms with Crippen LogP contribution in [0.25, 0.3) is 0 Å². The summed E-state index contributed by atoms with van der Waals surface area (Å²) in [6.07, 6.45) is -0.700. The summed E-state index contributed by atoms with van der Waals surface area (Å²) in [6, 6.07) is 2.60. The number of benzene rings is 1. The highest BCUT2D eigenvalue weighted by Crippen LogP contribution is 2.35. The summed E-state index contributed by atoms with van der Waals surface area (Å²) >= 11 is 0. The number of aromatic hydroxyl groups is 2. The molecule has 3 N–H and O–H groups in total. The third-order valence-electron chi connectivity index (χ3n) is 2.41. The normalized spacial score (nSPS) is 21.7. The molecule has 0 bridgehead atoms. The van der Waals surface area contributed by atoms with Crippen molar-refractivity contribution in [2.24, 2.45) is 5.16 Å². The SMILES string of the molecule is CC1OC(=O)c2c(ccc(O)c2O)/C1=N\O. The molecule has 1 heterocycles. The van der Waals surface area contributed by atoms with E-state index in [0.717, 1.165) is 0 Å². The molecule has 0 spiro atoms. The van der Waals surface area contributed by atoms with Gasteiger partial charge < -0.3 is 20.2 Å². The van der Waals surface area contributed by atoms with E-state index in [4.69, 9.17) is 9.94 Å². The number of oxime groups is 1. The van der Waals surface area contributed by atoms with E-state index in [0.29, 0.717) is 0 Å². The molecule has 1 atom stereocenters. The predicted molar refractivity (Wildman–Crippen MR) is 53.0 cm³/mol. The lowest BCUT2D eigenvalue weighted by Crippen LogP contribution is -2.32. The Kier molecular flexibility index (Phi) is 2.19. The predicted octanol–water partition coefficient (Wildman–Crippen LogP) is 0.835. The zero-order chi connectivity index (χ0) is 11.9. The van der Waals surface area contributed by atoms with Crippen molar-refractivity contribution in [2.45, 2.75) is 13.0 Å². The van der Waals surface area contributed by atoms with Gasteiger partial charge in [-0.25, -0.2) is 4.79 Å². The summed E-state index contributed by atoms with van der Waals surface area (Å²) in [4.78, 5) is 11.5. The molecule has 84 valence electrons. The van der Waals surface area contributed by atoms with Gasteiger partial charge in [0.25, 0.3) is 0 Å². The average Bonchev–Trinajstić information content (AvgIpc) is 2.23. The van der Waals surface area contributed by atoms with Crippen molar-refractivity contribution in [3.63, 3.8) is 0 Å². The Hall–Kier alpha value is -2.24. The van der Waals surface area contributed by atoms with Crippen molar-refractivity contribution in [1.29, 1.82) is 0 Å². The van der Waals surface area contributed by atoms with Crippen LogP contribution in [0.5, 0.6) is 11.5 Å². The molecule has 1 unspecified atom stereocenters.